The molecule has 8 nitrogen and oxygen atoms in total. The molecule has 2 aromatic rings. The fraction of sp³-hybridized carbons (Fsp3) is 0.480. The Morgan fingerprint density at radius 2 is 2.00 bits per heavy atom. The minimum Gasteiger partial charge on any atom is -0.473 e. The van der Waals surface area contributed by atoms with E-state index in [-0.39, 0.29) is 11.7 Å². The number of aromatic nitrogens is 2. The Kier molecular flexibility index (Phi) is 6.00. The number of amidine groups is 1. The van der Waals surface area contributed by atoms with Crippen LogP contribution in [0.25, 0.3) is 0 Å². The molecule has 1 aromatic heterocycles. The van der Waals surface area contributed by atoms with E-state index < -0.39 is 11.9 Å². The number of ether oxygens (including phenoxy) is 1. The maximum absolute atomic E-state index is 14.7. The normalized spacial score (nSPS) is 24.0. The van der Waals surface area contributed by atoms with Crippen molar-refractivity contribution in [2.45, 2.75) is 51.7 Å². The number of aliphatic imine (C=N–C) groups is 2. The first-order chi connectivity index (χ1) is 16.4. The van der Waals surface area contributed by atoms with Gasteiger partial charge in [0.15, 0.2) is 0 Å². The largest absolute Gasteiger partial charge is 0.473 e. The van der Waals surface area contributed by atoms with E-state index in [2.05, 4.69) is 34.2 Å². The standard InChI is InChI=1S/C25H28FN7O/c1-14(2)24-28-12-20(31-24)16-5-7-17(8-6-16)34-25-23-22(29-13-30-25)21(32-33(23)3)18-9-4-15(11-27)10-19(18)26/h4,9-10,13-14,16-17,21,32H,5-8,12H2,1-3H3. The molecule has 2 aliphatic heterocycles. The number of hydrazine groups is 1. The van der Waals surface area contributed by atoms with Gasteiger partial charge in [-0.25, -0.2) is 19.8 Å². The average Bonchev–Trinajstić information content (AvgIpc) is 3.46. The Balaban J connectivity index is 1.29. The monoisotopic (exact) mass is 461 g/mol. The lowest BCUT2D eigenvalue weighted by atomic mass is 9.84. The summed E-state index contributed by atoms with van der Waals surface area (Å²) >= 11 is 0. The second-order valence-electron chi connectivity index (χ2n) is 9.41. The van der Waals surface area contributed by atoms with Crippen LogP contribution in [0.1, 0.15) is 62.4 Å². The van der Waals surface area contributed by atoms with Crippen molar-refractivity contribution in [2.75, 3.05) is 18.6 Å². The van der Waals surface area contributed by atoms with Gasteiger partial charge in [0.25, 0.3) is 0 Å². The Bertz CT molecular complexity index is 1190. The number of hydrogen-bond acceptors (Lipinski definition) is 8. The Morgan fingerprint density at radius 1 is 1.21 bits per heavy atom. The molecular weight excluding hydrogens is 433 g/mol. The van der Waals surface area contributed by atoms with Gasteiger partial charge in [-0.3, -0.25) is 4.99 Å². The van der Waals surface area contributed by atoms with Gasteiger partial charge in [0.2, 0.25) is 5.88 Å². The van der Waals surface area contributed by atoms with Gasteiger partial charge in [-0.15, -0.1) is 0 Å². The highest BCUT2D eigenvalue weighted by Gasteiger charge is 2.35. The van der Waals surface area contributed by atoms with E-state index in [0.717, 1.165) is 38.1 Å². The smallest absolute Gasteiger partial charge is 0.242 e. The van der Waals surface area contributed by atoms with E-state index in [9.17, 15) is 4.39 Å². The van der Waals surface area contributed by atoms with Gasteiger partial charge >= 0.3 is 0 Å². The molecule has 0 radical (unpaired) electrons. The predicted molar refractivity (Wildman–Crippen MR) is 127 cm³/mol. The molecule has 1 unspecified atom stereocenters. The van der Waals surface area contributed by atoms with Crippen LogP contribution in [0.4, 0.5) is 10.1 Å². The van der Waals surface area contributed by atoms with Crippen molar-refractivity contribution in [3.8, 4) is 11.9 Å². The van der Waals surface area contributed by atoms with E-state index in [1.54, 1.807) is 17.1 Å². The number of hydrogen-bond donors (Lipinski definition) is 1. The van der Waals surface area contributed by atoms with Crippen molar-refractivity contribution in [1.29, 1.82) is 5.26 Å². The first-order valence-corrected chi connectivity index (χ1v) is 11.8. The summed E-state index contributed by atoms with van der Waals surface area (Å²) in [5, 5.41) is 10.8. The van der Waals surface area contributed by atoms with Crippen LogP contribution in [0.15, 0.2) is 34.5 Å². The van der Waals surface area contributed by atoms with Crippen molar-refractivity contribution >= 4 is 17.2 Å². The number of fused-ring (bicyclic) bond motifs is 1. The van der Waals surface area contributed by atoms with Gasteiger partial charge in [-0.2, -0.15) is 10.2 Å². The SMILES string of the molecule is CC(C)C1=NCC(C2CCC(Oc3ncnc4c3N(C)NC4c3ccc(C#N)cc3F)CC2)=N1. The minimum absolute atomic E-state index is 0.0573. The van der Waals surface area contributed by atoms with Crippen LogP contribution in [0, 0.1) is 29.0 Å². The number of halogens is 1. The molecule has 1 N–H and O–H groups in total. The van der Waals surface area contributed by atoms with E-state index in [1.165, 1.54) is 18.1 Å². The summed E-state index contributed by atoms with van der Waals surface area (Å²) in [5.41, 5.74) is 6.54. The van der Waals surface area contributed by atoms with Crippen LogP contribution in [0.5, 0.6) is 5.88 Å². The highest BCUT2D eigenvalue weighted by atomic mass is 19.1. The Hall–Kier alpha value is -3.38. The number of nitrogens with one attached hydrogen (secondary N) is 1. The Labute approximate surface area is 198 Å². The van der Waals surface area contributed by atoms with Crippen molar-refractivity contribution in [3.05, 3.63) is 47.2 Å². The molecule has 1 aromatic carbocycles. The van der Waals surface area contributed by atoms with Crippen LogP contribution in [-0.4, -0.2) is 41.2 Å². The van der Waals surface area contributed by atoms with Gasteiger partial charge in [0, 0.05) is 24.2 Å². The molecule has 0 saturated heterocycles. The molecule has 3 aliphatic rings. The zero-order valence-corrected chi connectivity index (χ0v) is 19.6. The van der Waals surface area contributed by atoms with Crippen molar-refractivity contribution < 1.29 is 9.13 Å². The summed E-state index contributed by atoms with van der Waals surface area (Å²) in [5.74, 6) is 1.85. The van der Waals surface area contributed by atoms with E-state index in [1.807, 2.05) is 13.1 Å². The van der Waals surface area contributed by atoms with E-state index in [0.29, 0.717) is 34.7 Å². The molecule has 0 amide bonds. The second kappa shape index (κ2) is 9.11. The number of rotatable bonds is 5. The van der Waals surface area contributed by atoms with Crippen molar-refractivity contribution in [3.63, 3.8) is 0 Å². The van der Waals surface area contributed by atoms with Crippen molar-refractivity contribution in [1.82, 2.24) is 15.4 Å². The first-order valence-electron chi connectivity index (χ1n) is 11.8. The van der Waals surface area contributed by atoms with Crippen molar-refractivity contribution in [2.24, 2.45) is 21.8 Å². The van der Waals surface area contributed by atoms with Crippen LogP contribution in [-0.2, 0) is 0 Å². The predicted octanol–water partition coefficient (Wildman–Crippen LogP) is 3.98. The highest BCUT2D eigenvalue weighted by molar-refractivity contribution is 6.05. The fourth-order valence-electron chi connectivity index (χ4n) is 4.94. The van der Waals surface area contributed by atoms with Crippen LogP contribution < -0.4 is 15.2 Å². The lowest BCUT2D eigenvalue weighted by Crippen LogP contribution is -2.32. The Morgan fingerprint density at radius 3 is 2.68 bits per heavy atom. The number of anilines is 1. The number of nitrogens with zero attached hydrogens (tertiary/aromatic N) is 6. The van der Waals surface area contributed by atoms with E-state index in [4.69, 9.17) is 15.0 Å². The molecule has 1 aliphatic carbocycles. The van der Waals surface area contributed by atoms with E-state index >= 15 is 0 Å². The molecule has 176 valence electrons. The molecular formula is C25H28FN7O. The third kappa shape index (κ3) is 4.14. The molecule has 34 heavy (non-hydrogen) atoms. The molecule has 1 fully saturated rings. The van der Waals surface area contributed by atoms with Gasteiger partial charge in [0.1, 0.15) is 29.8 Å². The third-order valence-corrected chi connectivity index (χ3v) is 6.79. The molecule has 5 rings (SSSR count). The summed E-state index contributed by atoms with van der Waals surface area (Å²) in [4.78, 5) is 18.2. The summed E-state index contributed by atoms with van der Waals surface area (Å²) in [6.07, 6.45) is 5.40. The zero-order valence-electron chi connectivity index (χ0n) is 19.6. The van der Waals surface area contributed by atoms with Gasteiger partial charge in [0.05, 0.1) is 29.9 Å². The minimum atomic E-state index is -0.482. The highest BCUT2D eigenvalue weighted by Crippen LogP contribution is 2.41. The van der Waals surface area contributed by atoms with Crippen LogP contribution in [0.2, 0.25) is 0 Å². The summed E-state index contributed by atoms with van der Waals surface area (Å²) in [6.45, 7) is 4.98. The lowest BCUT2D eigenvalue weighted by molar-refractivity contribution is 0.139. The first kappa shape index (κ1) is 22.4. The molecule has 3 heterocycles. The summed E-state index contributed by atoms with van der Waals surface area (Å²) in [6, 6.07) is 5.96. The molecule has 1 saturated carbocycles. The average molecular weight is 462 g/mol. The third-order valence-electron chi connectivity index (χ3n) is 6.79. The molecule has 0 spiro atoms. The topological polar surface area (TPSA) is 98.8 Å². The fourth-order valence-corrected chi connectivity index (χ4v) is 4.94. The quantitative estimate of drug-likeness (QED) is 0.723. The maximum atomic E-state index is 14.7. The molecule has 9 heteroatoms. The van der Waals surface area contributed by atoms with Crippen LogP contribution >= 0.6 is 0 Å². The molecule has 0 bridgehead atoms. The second-order valence-corrected chi connectivity index (χ2v) is 9.41. The summed E-state index contributed by atoms with van der Waals surface area (Å²) < 4.78 is 21.1. The molecule has 1 atom stereocenters. The van der Waals surface area contributed by atoms with Gasteiger partial charge in [-0.1, -0.05) is 19.9 Å². The maximum Gasteiger partial charge on any atom is 0.242 e. The van der Waals surface area contributed by atoms with Crippen LogP contribution in [0.3, 0.4) is 0 Å². The zero-order chi connectivity index (χ0) is 23.8. The number of benzene rings is 1. The number of nitriles is 1. The summed E-state index contributed by atoms with van der Waals surface area (Å²) in [7, 11) is 1.85. The van der Waals surface area contributed by atoms with Gasteiger partial charge in [-0.05, 0) is 43.7 Å². The van der Waals surface area contributed by atoms with Gasteiger partial charge < -0.3 is 9.75 Å². The lowest BCUT2D eigenvalue weighted by Gasteiger charge is -2.29.